The second-order valence-electron chi connectivity index (χ2n) is 2.40. The minimum Gasteiger partial charge on any atom is -0.478 e. The van der Waals surface area contributed by atoms with Gasteiger partial charge in [-0.25, -0.2) is 4.79 Å². The van der Waals surface area contributed by atoms with E-state index in [1.807, 2.05) is 25.9 Å². The number of hydrogen-bond acceptors (Lipinski definition) is 2. The fourth-order valence-corrected chi connectivity index (χ4v) is 0.394. The monoisotopic (exact) mass is 143 g/mol. The predicted octanol–water partition coefficient (Wildman–Crippen LogP) is 0.577. The predicted molar refractivity (Wildman–Crippen MR) is 39.9 cm³/mol. The number of nitrogens with zero attached hydrogens (tertiary/aromatic N) is 1. The zero-order valence-electron chi connectivity index (χ0n) is 6.53. The van der Waals surface area contributed by atoms with E-state index in [4.69, 9.17) is 5.11 Å². The minimum absolute atomic E-state index is 0.177. The Morgan fingerprint density at radius 2 is 2.10 bits per heavy atom. The number of carbonyl (C=O) groups is 1. The first-order valence-electron chi connectivity index (χ1n) is 3.11. The molecule has 58 valence electrons. The minimum atomic E-state index is -0.895. The molecule has 0 spiro atoms. The molecule has 0 aliphatic carbocycles. The van der Waals surface area contributed by atoms with Crippen molar-refractivity contribution in [2.45, 2.75) is 13.0 Å². The summed E-state index contributed by atoms with van der Waals surface area (Å²) in [6.07, 6.45) is 2.80. The first-order valence-corrected chi connectivity index (χ1v) is 3.11. The Hall–Kier alpha value is -0.830. The van der Waals surface area contributed by atoms with E-state index in [9.17, 15) is 4.79 Å². The maximum Gasteiger partial charge on any atom is 0.328 e. The molecule has 0 aromatic rings. The maximum atomic E-state index is 10.0. The molecule has 1 atom stereocenters. The summed E-state index contributed by atoms with van der Waals surface area (Å²) in [7, 11) is 3.80. The van der Waals surface area contributed by atoms with Crippen molar-refractivity contribution in [1.29, 1.82) is 0 Å². The molecule has 0 fully saturated rings. The second kappa shape index (κ2) is 4.06. The third-order valence-electron chi connectivity index (χ3n) is 1.33. The lowest BCUT2D eigenvalue weighted by Gasteiger charge is -2.14. The van der Waals surface area contributed by atoms with Crippen molar-refractivity contribution in [2.75, 3.05) is 14.1 Å². The van der Waals surface area contributed by atoms with E-state index in [2.05, 4.69) is 0 Å². The number of carboxylic acid groups (broad SMARTS) is 1. The highest BCUT2D eigenvalue weighted by molar-refractivity contribution is 5.79. The second-order valence-corrected chi connectivity index (χ2v) is 2.40. The van der Waals surface area contributed by atoms with Gasteiger partial charge in [0.25, 0.3) is 0 Å². The van der Waals surface area contributed by atoms with Gasteiger partial charge in [-0.1, -0.05) is 6.08 Å². The Morgan fingerprint density at radius 1 is 1.60 bits per heavy atom. The van der Waals surface area contributed by atoms with Crippen LogP contribution in [0.25, 0.3) is 0 Å². The summed E-state index contributed by atoms with van der Waals surface area (Å²) in [4.78, 5) is 12.0. The first-order chi connectivity index (χ1) is 4.54. The molecular formula is C7H13NO2. The van der Waals surface area contributed by atoms with Gasteiger partial charge in [0.2, 0.25) is 0 Å². The number of aliphatic carboxylic acids is 1. The molecule has 0 aromatic carbocycles. The van der Waals surface area contributed by atoms with Crippen LogP contribution in [0.1, 0.15) is 6.92 Å². The summed E-state index contributed by atoms with van der Waals surface area (Å²) in [5.41, 5.74) is 0. The van der Waals surface area contributed by atoms with Crippen molar-refractivity contribution >= 4 is 5.97 Å². The van der Waals surface area contributed by atoms with Crippen molar-refractivity contribution in [3.8, 4) is 0 Å². The summed E-state index contributed by atoms with van der Waals surface area (Å²) in [6, 6.07) is 0.177. The van der Waals surface area contributed by atoms with Crippen LogP contribution in [0.2, 0.25) is 0 Å². The van der Waals surface area contributed by atoms with Crippen LogP contribution in [-0.4, -0.2) is 36.1 Å². The molecule has 0 saturated carbocycles. The largest absolute Gasteiger partial charge is 0.478 e. The molecular weight excluding hydrogens is 130 g/mol. The molecule has 0 saturated heterocycles. The van der Waals surface area contributed by atoms with Gasteiger partial charge in [0, 0.05) is 12.1 Å². The highest BCUT2D eigenvalue weighted by atomic mass is 16.4. The average molecular weight is 143 g/mol. The molecule has 0 heterocycles. The number of hydrogen-bond donors (Lipinski definition) is 1. The molecule has 1 unspecified atom stereocenters. The van der Waals surface area contributed by atoms with Gasteiger partial charge >= 0.3 is 5.97 Å². The van der Waals surface area contributed by atoms with Crippen LogP contribution >= 0.6 is 0 Å². The van der Waals surface area contributed by atoms with Crippen LogP contribution in [0.5, 0.6) is 0 Å². The van der Waals surface area contributed by atoms with Crippen molar-refractivity contribution < 1.29 is 9.90 Å². The zero-order chi connectivity index (χ0) is 8.15. The molecule has 10 heavy (non-hydrogen) atoms. The van der Waals surface area contributed by atoms with E-state index >= 15 is 0 Å². The van der Waals surface area contributed by atoms with Crippen LogP contribution < -0.4 is 0 Å². The Morgan fingerprint density at radius 3 is 2.40 bits per heavy atom. The fraction of sp³-hybridized carbons (Fsp3) is 0.571. The smallest absolute Gasteiger partial charge is 0.328 e. The fourth-order valence-electron chi connectivity index (χ4n) is 0.394. The summed E-state index contributed by atoms with van der Waals surface area (Å²) >= 11 is 0. The summed E-state index contributed by atoms with van der Waals surface area (Å²) in [5.74, 6) is -0.895. The Bertz CT molecular complexity index is 141. The van der Waals surface area contributed by atoms with Crippen LogP contribution in [-0.2, 0) is 4.79 Å². The average Bonchev–Trinajstić information content (AvgIpc) is 1.82. The zero-order valence-corrected chi connectivity index (χ0v) is 6.53. The van der Waals surface area contributed by atoms with Gasteiger partial charge in [-0.2, -0.15) is 0 Å². The number of likely N-dealkylation sites (N-methyl/N-ethyl adjacent to an activating group) is 1. The van der Waals surface area contributed by atoms with E-state index in [1.54, 1.807) is 6.08 Å². The van der Waals surface area contributed by atoms with E-state index < -0.39 is 5.97 Å². The number of rotatable bonds is 3. The van der Waals surface area contributed by atoms with Gasteiger partial charge in [0.05, 0.1) is 0 Å². The van der Waals surface area contributed by atoms with E-state index in [-0.39, 0.29) is 6.04 Å². The third kappa shape index (κ3) is 4.09. The Balaban J connectivity index is 3.77. The van der Waals surface area contributed by atoms with Crippen LogP contribution in [0.4, 0.5) is 0 Å². The van der Waals surface area contributed by atoms with Crippen molar-refractivity contribution in [3.63, 3.8) is 0 Å². The summed E-state index contributed by atoms with van der Waals surface area (Å²) in [6.45, 7) is 1.93. The lowest BCUT2D eigenvalue weighted by molar-refractivity contribution is -0.131. The van der Waals surface area contributed by atoms with E-state index in [0.717, 1.165) is 6.08 Å². The van der Waals surface area contributed by atoms with Gasteiger partial charge < -0.3 is 10.0 Å². The maximum absolute atomic E-state index is 10.0. The van der Waals surface area contributed by atoms with Crippen molar-refractivity contribution in [3.05, 3.63) is 12.2 Å². The third-order valence-corrected chi connectivity index (χ3v) is 1.33. The van der Waals surface area contributed by atoms with Gasteiger partial charge in [-0.05, 0) is 21.0 Å². The Labute approximate surface area is 61.0 Å². The van der Waals surface area contributed by atoms with Crippen LogP contribution in [0.15, 0.2) is 12.2 Å². The van der Waals surface area contributed by atoms with Crippen molar-refractivity contribution in [1.82, 2.24) is 4.90 Å². The number of carboxylic acids is 1. The molecule has 0 aliphatic heterocycles. The SMILES string of the molecule is CC(C=CC(=O)O)N(C)C. The molecule has 0 bridgehead atoms. The molecule has 0 rings (SSSR count). The van der Waals surface area contributed by atoms with Gasteiger partial charge in [0.1, 0.15) is 0 Å². The molecule has 1 N–H and O–H groups in total. The van der Waals surface area contributed by atoms with Crippen LogP contribution in [0.3, 0.4) is 0 Å². The van der Waals surface area contributed by atoms with E-state index in [1.165, 1.54) is 0 Å². The van der Waals surface area contributed by atoms with E-state index in [0.29, 0.717) is 0 Å². The standard InChI is InChI=1S/C7H13NO2/c1-6(8(2)3)4-5-7(9)10/h4-6H,1-3H3,(H,9,10). The van der Waals surface area contributed by atoms with Gasteiger partial charge in [-0.3, -0.25) is 0 Å². The lowest BCUT2D eigenvalue weighted by Crippen LogP contribution is -2.22. The summed E-state index contributed by atoms with van der Waals surface area (Å²) < 4.78 is 0. The normalized spacial score (nSPS) is 14.4. The molecule has 0 amide bonds. The molecule has 0 aromatic heterocycles. The molecule has 0 aliphatic rings. The van der Waals surface area contributed by atoms with Crippen molar-refractivity contribution in [2.24, 2.45) is 0 Å². The van der Waals surface area contributed by atoms with Gasteiger partial charge in [-0.15, -0.1) is 0 Å². The quantitative estimate of drug-likeness (QED) is 0.587. The topological polar surface area (TPSA) is 40.5 Å². The molecule has 0 radical (unpaired) electrons. The summed E-state index contributed by atoms with van der Waals surface area (Å²) in [5, 5.41) is 8.24. The Kier molecular flexibility index (Phi) is 3.72. The van der Waals surface area contributed by atoms with Gasteiger partial charge in [0.15, 0.2) is 0 Å². The first kappa shape index (κ1) is 9.17. The highest BCUT2D eigenvalue weighted by Crippen LogP contribution is 1.92. The molecule has 3 nitrogen and oxygen atoms in total. The van der Waals surface area contributed by atoms with Crippen LogP contribution in [0, 0.1) is 0 Å². The lowest BCUT2D eigenvalue weighted by atomic mass is 10.3. The molecule has 3 heteroatoms. The highest BCUT2D eigenvalue weighted by Gasteiger charge is 1.98.